The second kappa shape index (κ2) is 11.9. The summed E-state index contributed by atoms with van der Waals surface area (Å²) in [6.07, 6.45) is 0. The molecule has 1 fully saturated rings. The summed E-state index contributed by atoms with van der Waals surface area (Å²) < 4.78 is 0. The van der Waals surface area contributed by atoms with Gasteiger partial charge in [-0.05, 0) is 37.4 Å². The molecule has 130 valence electrons. The second-order valence-corrected chi connectivity index (χ2v) is 5.40. The van der Waals surface area contributed by atoms with Crippen molar-refractivity contribution in [3.05, 3.63) is 29.8 Å². The highest BCUT2D eigenvalue weighted by Crippen LogP contribution is 2.04. The first kappa shape index (κ1) is 19.4. The maximum atomic E-state index is 11.7. The molecule has 0 aliphatic carbocycles. The fraction of sp³-hybridized carbons (Fsp3) is 0.588. The van der Waals surface area contributed by atoms with E-state index in [0.29, 0.717) is 17.8 Å². The number of rotatable bonds is 6. The van der Waals surface area contributed by atoms with Crippen molar-refractivity contribution in [1.82, 2.24) is 20.9 Å². The Balaban J connectivity index is 0.000000366. The molecule has 0 saturated carbocycles. The van der Waals surface area contributed by atoms with Gasteiger partial charge in [0.2, 0.25) is 0 Å². The van der Waals surface area contributed by atoms with Crippen molar-refractivity contribution in [2.45, 2.75) is 13.8 Å². The van der Waals surface area contributed by atoms with Crippen LogP contribution < -0.4 is 21.7 Å². The molecule has 1 aromatic carbocycles. The predicted octanol–water partition coefficient (Wildman–Crippen LogP) is 0.520. The Labute approximate surface area is 139 Å². The zero-order chi connectivity index (χ0) is 16.9. The minimum absolute atomic E-state index is 0.0443. The monoisotopic (exact) mass is 321 g/mol. The van der Waals surface area contributed by atoms with E-state index in [9.17, 15) is 4.79 Å². The van der Waals surface area contributed by atoms with Gasteiger partial charge in [-0.3, -0.25) is 4.79 Å². The van der Waals surface area contributed by atoms with Crippen LogP contribution in [0.4, 0.5) is 5.69 Å². The van der Waals surface area contributed by atoms with Crippen molar-refractivity contribution in [3.63, 3.8) is 0 Å². The van der Waals surface area contributed by atoms with Crippen LogP contribution in [0.15, 0.2) is 24.3 Å². The summed E-state index contributed by atoms with van der Waals surface area (Å²) in [5.74, 6) is -0.0443. The van der Waals surface area contributed by atoms with Crippen molar-refractivity contribution >= 4 is 11.6 Å². The molecule has 1 saturated heterocycles. The summed E-state index contributed by atoms with van der Waals surface area (Å²) in [4.78, 5) is 14.0. The van der Waals surface area contributed by atoms with Crippen molar-refractivity contribution in [3.8, 4) is 0 Å². The number of benzene rings is 1. The first-order valence-electron chi connectivity index (χ1n) is 8.44. The second-order valence-electron chi connectivity index (χ2n) is 5.40. The van der Waals surface area contributed by atoms with Gasteiger partial charge in [0.05, 0.1) is 0 Å². The van der Waals surface area contributed by atoms with E-state index in [4.69, 9.17) is 5.73 Å². The fourth-order valence-electron chi connectivity index (χ4n) is 2.21. The number of piperazine rings is 1. The van der Waals surface area contributed by atoms with Crippen LogP contribution in [0.5, 0.6) is 0 Å². The minimum Gasteiger partial charge on any atom is -0.399 e. The van der Waals surface area contributed by atoms with Crippen molar-refractivity contribution < 1.29 is 4.79 Å². The van der Waals surface area contributed by atoms with E-state index in [0.717, 1.165) is 45.8 Å². The topological polar surface area (TPSA) is 82.4 Å². The molecule has 0 atom stereocenters. The van der Waals surface area contributed by atoms with Crippen LogP contribution in [0.2, 0.25) is 0 Å². The lowest BCUT2D eigenvalue weighted by molar-refractivity contribution is 0.0949. The molecular weight excluding hydrogens is 290 g/mol. The average Bonchev–Trinajstić information content (AvgIpc) is 2.61. The number of likely N-dealkylation sites (N-methyl/N-ethyl adjacent to an activating group) is 1. The molecule has 1 aromatic rings. The van der Waals surface area contributed by atoms with Gasteiger partial charge in [0.1, 0.15) is 0 Å². The number of anilines is 1. The molecule has 1 heterocycles. The summed E-state index contributed by atoms with van der Waals surface area (Å²) in [6, 6.07) is 6.95. The lowest BCUT2D eigenvalue weighted by Gasteiger charge is -2.17. The van der Waals surface area contributed by atoms with E-state index < -0.39 is 0 Å². The number of hydrogen-bond acceptors (Lipinski definition) is 5. The predicted molar refractivity (Wildman–Crippen MR) is 96.7 cm³/mol. The molecule has 0 aromatic heterocycles. The number of nitrogen functional groups attached to an aromatic ring is 1. The van der Waals surface area contributed by atoms with Gasteiger partial charge in [-0.1, -0.05) is 13.8 Å². The third-order valence-corrected chi connectivity index (χ3v) is 3.74. The van der Waals surface area contributed by atoms with Crippen molar-refractivity contribution in [2.24, 2.45) is 0 Å². The molecule has 6 nitrogen and oxygen atoms in total. The molecule has 0 spiro atoms. The summed E-state index contributed by atoms with van der Waals surface area (Å²) in [7, 11) is 0. The van der Waals surface area contributed by atoms with E-state index in [2.05, 4.69) is 34.7 Å². The van der Waals surface area contributed by atoms with Gasteiger partial charge >= 0.3 is 0 Å². The van der Waals surface area contributed by atoms with E-state index in [1.54, 1.807) is 24.3 Å². The van der Waals surface area contributed by atoms with Crippen molar-refractivity contribution in [2.75, 3.05) is 58.1 Å². The lowest BCUT2D eigenvalue weighted by atomic mass is 10.2. The molecule has 2 rings (SSSR count). The third-order valence-electron chi connectivity index (χ3n) is 3.74. The molecule has 23 heavy (non-hydrogen) atoms. The normalized spacial score (nSPS) is 14.0. The molecular formula is C17H31N5O. The highest BCUT2D eigenvalue weighted by Gasteiger charge is 2.05. The SMILES string of the molecule is C1CNCCN1.CCN(CC)CCNC(=O)c1ccc(N)cc1. The van der Waals surface area contributed by atoms with Gasteiger partial charge in [0, 0.05) is 50.5 Å². The quantitative estimate of drug-likeness (QED) is 0.574. The summed E-state index contributed by atoms with van der Waals surface area (Å²) in [5.41, 5.74) is 6.89. The van der Waals surface area contributed by atoms with Crippen LogP contribution in [0.3, 0.4) is 0 Å². The van der Waals surface area contributed by atoms with Crippen LogP contribution in [-0.4, -0.2) is 63.2 Å². The van der Waals surface area contributed by atoms with Crippen molar-refractivity contribution in [1.29, 1.82) is 0 Å². The highest BCUT2D eigenvalue weighted by atomic mass is 16.1. The zero-order valence-corrected chi connectivity index (χ0v) is 14.4. The standard InChI is InChI=1S/C13H21N3O.C4H10N2/c1-3-16(4-2)10-9-15-13(17)11-5-7-12(14)8-6-11;1-2-6-4-3-5-1/h5-8H,3-4,9-10,14H2,1-2H3,(H,15,17);5-6H,1-4H2. The molecule has 5 N–H and O–H groups in total. The van der Waals surface area contributed by atoms with Crippen LogP contribution in [-0.2, 0) is 0 Å². The maximum Gasteiger partial charge on any atom is 0.251 e. The van der Waals surface area contributed by atoms with Crippen LogP contribution in [0.1, 0.15) is 24.2 Å². The number of nitrogens with two attached hydrogens (primary N) is 1. The van der Waals surface area contributed by atoms with Gasteiger partial charge in [0.25, 0.3) is 5.91 Å². The fourth-order valence-corrected chi connectivity index (χ4v) is 2.21. The van der Waals surface area contributed by atoms with E-state index in [1.165, 1.54) is 0 Å². The Morgan fingerprint density at radius 2 is 1.61 bits per heavy atom. The molecule has 1 aliphatic heterocycles. The van der Waals surface area contributed by atoms with Gasteiger partial charge < -0.3 is 26.6 Å². The Hall–Kier alpha value is -1.63. The Morgan fingerprint density at radius 1 is 1.09 bits per heavy atom. The minimum atomic E-state index is -0.0443. The maximum absolute atomic E-state index is 11.7. The van der Waals surface area contributed by atoms with Crippen LogP contribution in [0, 0.1) is 0 Å². The highest BCUT2D eigenvalue weighted by molar-refractivity contribution is 5.94. The van der Waals surface area contributed by atoms with Gasteiger partial charge in [0.15, 0.2) is 0 Å². The first-order valence-corrected chi connectivity index (χ1v) is 8.44. The molecule has 1 amide bonds. The summed E-state index contributed by atoms with van der Waals surface area (Å²) >= 11 is 0. The zero-order valence-electron chi connectivity index (χ0n) is 14.4. The number of carbonyl (C=O) groups excluding carboxylic acids is 1. The number of hydrogen-bond donors (Lipinski definition) is 4. The Kier molecular flexibility index (Phi) is 10.0. The van der Waals surface area contributed by atoms with Gasteiger partial charge in [-0.25, -0.2) is 0 Å². The molecule has 1 aliphatic rings. The molecule has 0 bridgehead atoms. The lowest BCUT2D eigenvalue weighted by Crippen LogP contribution is -2.39. The van der Waals surface area contributed by atoms with Gasteiger partial charge in [-0.2, -0.15) is 0 Å². The number of amides is 1. The Morgan fingerprint density at radius 3 is 2.04 bits per heavy atom. The third kappa shape index (κ3) is 8.54. The van der Waals surface area contributed by atoms with Crippen LogP contribution >= 0.6 is 0 Å². The number of nitrogens with zero attached hydrogens (tertiary/aromatic N) is 1. The smallest absolute Gasteiger partial charge is 0.251 e. The molecule has 6 heteroatoms. The van der Waals surface area contributed by atoms with Gasteiger partial charge in [-0.15, -0.1) is 0 Å². The van der Waals surface area contributed by atoms with Crippen LogP contribution in [0.25, 0.3) is 0 Å². The van der Waals surface area contributed by atoms with E-state index in [1.807, 2.05) is 0 Å². The Bertz CT molecular complexity index is 416. The molecule has 0 unspecified atom stereocenters. The average molecular weight is 321 g/mol. The largest absolute Gasteiger partial charge is 0.399 e. The van der Waals surface area contributed by atoms with E-state index in [-0.39, 0.29) is 5.91 Å². The molecule has 0 radical (unpaired) electrons. The first-order chi connectivity index (χ1) is 11.2. The summed E-state index contributed by atoms with van der Waals surface area (Å²) in [5, 5.41) is 9.34. The number of nitrogens with one attached hydrogen (secondary N) is 3. The number of carbonyl (C=O) groups is 1. The summed E-state index contributed by atoms with van der Waals surface area (Å²) in [6.45, 7) is 12.4. The van der Waals surface area contributed by atoms with E-state index >= 15 is 0 Å².